The highest BCUT2D eigenvalue weighted by Gasteiger charge is 2.23. The molecule has 1 unspecified atom stereocenters. The van der Waals surface area contributed by atoms with Crippen LogP contribution in [0.2, 0.25) is 0 Å². The molecule has 0 bridgehead atoms. The number of anilines is 1. The van der Waals surface area contributed by atoms with Gasteiger partial charge in [0.15, 0.2) is 0 Å². The van der Waals surface area contributed by atoms with Gasteiger partial charge in [-0.15, -0.1) is 0 Å². The Balaban J connectivity index is 1.30. The van der Waals surface area contributed by atoms with Crippen LogP contribution in [0.4, 0.5) is 5.69 Å². The number of carbonyl (C=O) groups is 2. The number of hydrogen-bond acceptors (Lipinski definition) is 5. The predicted octanol–water partition coefficient (Wildman–Crippen LogP) is 3.04. The van der Waals surface area contributed by atoms with Gasteiger partial charge >= 0.3 is 0 Å². The van der Waals surface area contributed by atoms with E-state index in [9.17, 15) is 9.59 Å². The summed E-state index contributed by atoms with van der Waals surface area (Å²) in [7, 11) is 0. The summed E-state index contributed by atoms with van der Waals surface area (Å²) >= 11 is 0. The number of hydrogen-bond donors (Lipinski definition) is 1. The molecular weight excluding hydrogens is 392 g/mol. The summed E-state index contributed by atoms with van der Waals surface area (Å²) in [6, 6.07) is 9.95. The molecule has 2 aliphatic rings. The van der Waals surface area contributed by atoms with Crippen LogP contribution in [0.15, 0.2) is 30.3 Å². The van der Waals surface area contributed by atoms with Crippen molar-refractivity contribution in [2.75, 3.05) is 44.7 Å². The third-order valence-corrected chi connectivity index (χ3v) is 6.19. The Bertz CT molecular complexity index is 926. The molecule has 1 atom stereocenters. The number of amides is 2. The van der Waals surface area contributed by atoms with Crippen molar-refractivity contribution >= 4 is 28.4 Å². The number of pyridine rings is 1. The second-order valence-corrected chi connectivity index (χ2v) is 8.67. The minimum absolute atomic E-state index is 0.0739. The molecule has 2 amide bonds. The standard InChI is InChI=1S/C24H32N4O3/c1-18(29)25-21-7-8-23-20(15-21)5-6-22(26-23)17-27-10-2-3-19(16-27)4-9-24(30)28-11-13-31-14-12-28/h5-8,15,19H,2-4,9-14,16-17H2,1H3,(H,25,29). The zero-order valence-electron chi connectivity index (χ0n) is 18.3. The third kappa shape index (κ3) is 6.02. The second kappa shape index (κ2) is 10.2. The van der Waals surface area contributed by atoms with E-state index in [2.05, 4.69) is 22.3 Å². The molecule has 166 valence electrons. The van der Waals surface area contributed by atoms with Crippen LogP contribution in [0.3, 0.4) is 0 Å². The van der Waals surface area contributed by atoms with Gasteiger partial charge in [-0.05, 0) is 56.0 Å². The first kappa shape index (κ1) is 21.7. The topological polar surface area (TPSA) is 74.8 Å². The molecule has 0 saturated carbocycles. The second-order valence-electron chi connectivity index (χ2n) is 8.67. The van der Waals surface area contributed by atoms with Crippen molar-refractivity contribution in [2.24, 2.45) is 5.92 Å². The number of fused-ring (bicyclic) bond motifs is 1. The van der Waals surface area contributed by atoms with Crippen LogP contribution in [0.25, 0.3) is 10.9 Å². The molecule has 0 aliphatic carbocycles. The maximum atomic E-state index is 12.4. The first-order chi connectivity index (χ1) is 15.1. The first-order valence-electron chi connectivity index (χ1n) is 11.3. The van der Waals surface area contributed by atoms with Gasteiger partial charge in [0, 0.05) is 50.6 Å². The van der Waals surface area contributed by atoms with Crippen LogP contribution in [-0.2, 0) is 20.9 Å². The zero-order valence-corrected chi connectivity index (χ0v) is 18.3. The largest absolute Gasteiger partial charge is 0.378 e. The number of aromatic nitrogens is 1. The van der Waals surface area contributed by atoms with Gasteiger partial charge in [-0.1, -0.05) is 6.07 Å². The van der Waals surface area contributed by atoms with E-state index < -0.39 is 0 Å². The van der Waals surface area contributed by atoms with Crippen molar-refractivity contribution in [1.29, 1.82) is 0 Å². The summed E-state index contributed by atoms with van der Waals surface area (Å²) in [5, 5.41) is 3.84. The Kier molecular flexibility index (Phi) is 7.14. The fourth-order valence-electron chi connectivity index (χ4n) is 4.59. The molecule has 4 rings (SSSR count). The van der Waals surface area contributed by atoms with Gasteiger partial charge in [-0.25, -0.2) is 0 Å². The summed E-state index contributed by atoms with van der Waals surface area (Å²) in [5.74, 6) is 0.768. The fraction of sp³-hybridized carbons (Fsp3) is 0.542. The lowest BCUT2D eigenvalue weighted by Gasteiger charge is -2.33. The number of carbonyl (C=O) groups excluding carboxylic acids is 2. The zero-order chi connectivity index (χ0) is 21.6. The number of nitrogens with zero attached hydrogens (tertiary/aromatic N) is 3. The molecule has 7 nitrogen and oxygen atoms in total. The maximum absolute atomic E-state index is 12.4. The van der Waals surface area contributed by atoms with Crippen molar-refractivity contribution in [3.8, 4) is 0 Å². The SMILES string of the molecule is CC(=O)Nc1ccc2nc(CN3CCCC(CCC(=O)N4CCOCC4)C3)ccc2c1. The van der Waals surface area contributed by atoms with E-state index in [-0.39, 0.29) is 11.8 Å². The Hall–Kier alpha value is -2.51. The normalized spacial score (nSPS) is 20.0. The minimum Gasteiger partial charge on any atom is -0.378 e. The van der Waals surface area contributed by atoms with E-state index in [0.29, 0.717) is 25.6 Å². The molecule has 2 fully saturated rings. The quantitative estimate of drug-likeness (QED) is 0.772. The van der Waals surface area contributed by atoms with E-state index in [1.807, 2.05) is 23.1 Å². The smallest absolute Gasteiger partial charge is 0.222 e. The van der Waals surface area contributed by atoms with E-state index in [1.165, 1.54) is 19.8 Å². The summed E-state index contributed by atoms with van der Waals surface area (Å²) in [5.41, 5.74) is 2.79. The van der Waals surface area contributed by atoms with Crippen LogP contribution in [0, 0.1) is 5.92 Å². The van der Waals surface area contributed by atoms with Gasteiger partial charge in [-0.3, -0.25) is 19.5 Å². The maximum Gasteiger partial charge on any atom is 0.222 e. The highest BCUT2D eigenvalue weighted by atomic mass is 16.5. The molecule has 31 heavy (non-hydrogen) atoms. The Morgan fingerprint density at radius 2 is 2.00 bits per heavy atom. The van der Waals surface area contributed by atoms with Gasteiger partial charge in [0.05, 0.1) is 24.4 Å². The Labute approximate surface area is 183 Å². The minimum atomic E-state index is -0.0739. The Morgan fingerprint density at radius 3 is 2.81 bits per heavy atom. The van der Waals surface area contributed by atoms with Crippen LogP contribution >= 0.6 is 0 Å². The lowest BCUT2D eigenvalue weighted by atomic mass is 9.93. The molecule has 2 aliphatic heterocycles. The van der Waals surface area contributed by atoms with Crippen LogP contribution in [0.1, 0.15) is 38.3 Å². The highest BCUT2D eigenvalue weighted by molar-refractivity contribution is 5.92. The van der Waals surface area contributed by atoms with E-state index >= 15 is 0 Å². The fourth-order valence-corrected chi connectivity index (χ4v) is 4.59. The lowest BCUT2D eigenvalue weighted by molar-refractivity contribution is -0.135. The van der Waals surface area contributed by atoms with Crippen LogP contribution < -0.4 is 5.32 Å². The van der Waals surface area contributed by atoms with Crippen molar-refractivity contribution in [1.82, 2.24) is 14.8 Å². The van der Waals surface area contributed by atoms with E-state index in [4.69, 9.17) is 9.72 Å². The number of ether oxygens (including phenoxy) is 1. The molecule has 1 N–H and O–H groups in total. The molecule has 0 radical (unpaired) electrons. The monoisotopic (exact) mass is 424 g/mol. The lowest BCUT2D eigenvalue weighted by Crippen LogP contribution is -2.41. The van der Waals surface area contributed by atoms with Crippen molar-refractivity contribution in [2.45, 2.75) is 39.2 Å². The summed E-state index contributed by atoms with van der Waals surface area (Å²) in [6.45, 7) is 7.23. The number of benzene rings is 1. The summed E-state index contributed by atoms with van der Waals surface area (Å²) < 4.78 is 5.34. The summed E-state index contributed by atoms with van der Waals surface area (Å²) in [4.78, 5) is 32.9. The number of morpholine rings is 1. The van der Waals surface area contributed by atoms with Crippen molar-refractivity contribution in [3.05, 3.63) is 36.0 Å². The average Bonchev–Trinajstić information content (AvgIpc) is 2.78. The van der Waals surface area contributed by atoms with Crippen LogP contribution in [-0.4, -0.2) is 66.0 Å². The number of nitrogens with one attached hydrogen (secondary N) is 1. The summed E-state index contributed by atoms with van der Waals surface area (Å²) in [6.07, 6.45) is 3.97. The molecule has 1 aromatic heterocycles. The molecule has 0 spiro atoms. The van der Waals surface area contributed by atoms with Gasteiger partial charge in [0.25, 0.3) is 0 Å². The Morgan fingerprint density at radius 1 is 1.16 bits per heavy atom. The van der Waals surface area contributed by atoms with Crippen molar-refractivity contribution in [3.63, 3.8) is 0 Å². The van der Waals surface area contributed by atoms with E-state index in [1.54, 1.807) is 0 Å². The first-order valence-corrected chi connectivity index (χ1v) is 11.3. The van der Waals surface area contributed by atoms with Gasteiger partial charge in [0.2, 0.25) is 11.8 Å². The average molecular weight is 425 g/mol. The molecule has 2 aromatic rings. The third-order valence-electron chi connectivity index (χ3n) is 6.19. The molecule has 2 saturated heterocycles. The molecule has 7 heteroatoms. The molecular formula is C24H32N4O3. The highest BCUT2D eigenvalue weighted by Crippen LogP contribution is 2.24. The van der Waals surface area contributed by atoms with Crippen LogP contribution in [0.5, 0.6) is 0 Å². The van der Waals surface area contributed by atoms with E-state index in [0.717, 1.165) is 61.4 Å². The molecule has 1 aromatic carbocycles. The number of piperidine rings is 1. The predicted molar refractivity (Wildman–Crippen MR) is 121 cm³/mol. The van der Waals surface area contributed by atoms with Gasteiger partial charge in [0.1, 0.15) is 0 Å². The van der Waals surface area contributed by atoms with Gasteiger partial charge < -0.3 is 15.0 Å². The number of likely N-dealkylation sites (tertiary alicyclic amines) is 1. The number of rotatable bonds is 6. The van der Waals surface area contributed by atoms with Crippen molar-refractivity contribution < 1.29 is 14.3 Å². The van der Waals surface area contributed by atoms with Gasteiger partial charge in [-0.2, -0.15) is 0 Å². The molecule has 3 heterocycles.